The van der Waals surface area contributed by atoms with Gasteiger partial charge in [-0.3, -0.25) is 4.79 Å². The number of amides is 1. The summed E-state index contributed by atoms with van der Waals surface area (Å²) in [7, 11) is -2.90. The Morgan fingerprint density at radius 1 is 1.15 bits per heavy atom. The van der Waals surface area contributed by atoms with Gasteiger partial charge in [0.1, 0.15) is 0 Å². The number of nitrogens with zero attached hydrogens (tertiary/aromatic N) is 1. The molecule has 2 heterocycles. The molecule has 1 aromatic rings. The molecule has 3 rings (SSSR count). The molecule has 0 spiro atoms. The van der Waals surface area contributed by atoms with Crippen LogP contribution in [0.1, 0.15) is 12.0 Å². The molecule has 1 saturated heterocycles. The summed E-state index contributed by atoms with van der Waals surface area (Å²) in [6.45, 7) is 0.940. The van der Waals surface area contributed by atoms with Crippen molar-refractivity contribution in [3.8, 4) is 0 Å². The molecule has 7 heteroatoms. The van der Waals surface area contributed by atoms with Crippen LogP contribution in [0.4, 0.5) is 17.1 Å². The topological polar surface area (TPSA) is 92.5 Å². The number of hydrogen-bond acceptors (Lipinski definition) is 5. The number of carbonyl (C=O) groups is 1. The first-order valence-electron chi connectivity index (χ1n) is 6.62. The van der Waals surface area contributed by atoms with Gasteiger partial charge in [0.25, 0.3) is 0 Å². The van der Waals surface area contributed by atoms with E-state index >= 15 is 0 Å². The Bertz CT molecular complexity index is 656. The highest BCUT2D eigenvalue weighted by atomic mass is 32.2. The maximum absolute atomic E-state index is 11.5. The third kappa shape index (κ3) is 2.45. The van der Waals surface area contributed by atoms with E-state index in [-0.39, 0.29) is 17.4 Å². The minimum absolute atomic E-state index is 0.00807. The lowest BCUT2D eigenvalue weighted by Crippen LogP contribution is -2.40. The van der Waals surface area contributed by atoms with Crippen molar-refractivity contribution < 1.29 is 13.2 Å². The molecule has 3 N–H and O–H groups in total. The van der Waals surface area contributed by atoms with Crippen molar-refractivity contribution in [2.75, 3.05) is 40.5 Å². The van der Waals surface area contributed by atoms with Gasteiger partial charge in [0.2, 0.25) is 5.91 Å². The zero-order valence-electron chi connectivity index (χ0n) is 11.1. The van der Waals surface area contributed by atoms with Gasteiger partial charge in [-0.05, 0) is 24.1 Å². The predicted molar refractivity (Wildman–Crippen MR) is 78.7 cm³/mol. The molecule has 0 aliphatic carbocycles. The fourth-order valence-corrected chi connectivity index (χ4v) is 3.86. The summed E-state index contributed by atoms with van der Waals surface area (Å²) in [5.41, 5.74) is 9.32. The van der Waals surface area contributed by atoms with E-state index in [4.69, 9.17) is 5.73 Å². The quantitative estimate of drug-likeness (QED) is 0.731. The zero-order valence-corrected chi connectivity index (χ0v) is 11.9. The monoisotopic (exact) mass is 295 g/mol. The highest BCUT2D eigenvalue weighted by Gasteiger charge is 2.24. The molecule has 1 amide bonds. The molecule has 0 aromatic heterocycles. The van der Waals surface area contributed by atoms with Crippen LogP contribution in [0.2, 0.25) is 0 Å². The molecule has 6 nitrogen and oxygen atoms in total. The standard InChI is InChI=1S/C13H17N3O3S/c14-10-8-11-9(1-2-13(17)15-11)7-12(10)16-3-5-20(18,19)6-4-16/h7-8H,1-6,14H2,(H,15,17). The molecule has 0 radical (unpaired) electrons. The number of fused-ring (bicyclic) bond motifs is 1. The second-order valence-electron chi connectivity index (χ2n) is 5.26. The highest BCUT2D eigenvalue weighted by molar-refractivity contribution is 7.91. The molecule has 108 valence electrons. The van der Waals surface area contributed by atoms with Crippen molar-refractivity contribution in [2.45, 2.75) is 12.8 Å². The Hall–Kier alpha value is -1.76. The number of rotatable bonds is 1. The van der Waals surface area contributed by atoms with Crippen LogP contribution < -0.4 is 16.0 Å². The van der Waals surface area contributed by atoms with Gasteiger partial charge in [-0.1, -0.05) is 0 Å². The van der Waals surface area contributed by atoms with Gasteiger partial charge in [-0.2, -0.15) is 0 Å². The number of anilines is 3. The van der Waals surface area contributed by atoms with Crippen molar-refractivity contribution in [3.63, 3.8) is 0 Å². The smallest absolute Gasteiger partial charge is 0.224 e. The van der Waals surface area contributed by atoms with Gasteiger partial charge < -0.3 is 16.0 Å². The van der Waals surface area contributed by atoms with Crippen molar-refractivity contribution in [2.24, 2.45) is 0 Å². The maximum atomic E-state index is 11.5. The largest absolute Gasteiger partial charge is 0.397 e. The van der Waals surface area contributed by atoms with Crippen LogP contribution >= 0.6 is 0 Å². The minimum Gasteiger partial charge on any atom is -0.397 e. The van der Waals surface area contributed by atoms with Crippen LogP contribution in [-0.2, 0) is 21.1 Å². The predicted octanol–water partition coefficient (Wildman–Crippen LogP) is 0.388. The number of nitrogen functional groups attached to an aromatic ring is 1. The summed E-state index contributed by atoms with van der Waals surface area (Å²) in [5.74, 6) is 0.342. The van der Waals surface area contributed by atoms with Crippen molar-refractivity contribution in [1.82, 2.24) is 0 Å². The van der Waals surface area contributed by atoms with Crippen molar-refractivity contribution in [1.29, 1.82) is 0 Å². The molecule has 0 bridgehead atoms. The van der Waals surface area contributed by atoms with Crippen molar-refractivity contribution >= 4 is 32.8 Å². The summed E-state index contributed by atoms with van der Waals surface area (Å²) in [5, 5.41) is 2.81. The third-order valence-corrected chi connectivity index (χ3v) is 5.44. The summed E-state index contributed by atoms with van der Waals surface area (Å²) < 4.78 is 23.0. The van der Waals surface area contributed by atoms with Crippen LogP contribution in [-0.4, -0.2) is 38.9 Å². The van der Waals surface area contributed by atoms with Gasteiger partial charge in [-0.15, -0.1) is 0 Å². The molecule has 0 saturated carbocycles. The first-order chi connectivity index (χ1) is 9.44. The number of benzene rings is 1. The number of carbonyl (C=O) groups excluding carboxylic acids is 1. The lowest BCUT2D eigenvalue weighted by molar-refractivity contribution is -0.116. The van der Waals surface area contributed by atoms with Crippen LogP contribution in [0.25, 0.3) is 0 Å². The number of nitrogens with one attached hydrogen (secondary N) is 1. The summed E-state index contributed by atoms with van der Waals surface area (Å²) in [4.78, 5) is 13.4. The number of aryl methyl sites for hydroxylation is 1. The Balaban J connectivity index is 1.89. The van der Waals surface area contributed by atoms with E-state index in [0.717, 1.165) is 16.9 Å². The van der Waals surface area contributed by atoms with Crippen LogP contribution in [0, 0.1) is 0 Å². The molecule has 0 unspecified atom stereocenters. The second-order valence-corrected chi connectivity index (χ2v) is 7.56. The highest BCUT2D eigenvalue weighted by Crippen LogP contribution is 2.33. The summed E-state index contributed by atoms with van der Waals surface area (Å²) >= 11 is 0. The van der Waals surface area contributed by atoms with E-state index < -0.39 is 9.84 Å². The average Bonchev–Trinajstić information content (AvgIpc) is 2.38. The first-order valence-corrected chi connectivity index (χ1v) is 8.44. The van der Waals surface area contributed by atoms with Crippen LogP contribution in [0.3, 0.4) is 0 Å². The zero-order chi connectivity index (χ0) is 14.3. The number of sulfone groups is 1. The normalized spacial score (nSPS) is 21.2. The Morgan fingerprint density at radius 2 is 1.85 bits per heavy atom. The van der Waals surface area contributed by atoms with E-state index in [1.54, 1.807) is 6.07 Å². The molecular formula is C13H17N3O3S. The Morgan fingerprint density at radius 3 is 2.55 bits per heavy atom. The fraction of sp³-hybridized carbons (Fsp3) is 0.462. The molecule has 0 atom stereocenters. The van der Waals surface area contributed by atoms with E-state index in [9.17, 15) is 13.2 Å². The second kappa shape index (κ2) is 4.66. The molecule has 1 fully saturated rings. The van der Waals surface area contributed by atoms with Crippen LogP contribution in [0.5, 0.6) is 0 Å². The van der Waals surface area contributed by atoms with Crippen molar-refractivity contribution in [3.05, 3.63) is 17.7 Å². The molecule has 2 aliphatic heterocycles. The molecular weight excluding hydrogens is 278 g/mol. The van der Waals surface area contributed by atoms with Gasteiger partial charge in [0.05, 0.1) is 22.9 Å². The van der Waals surface area contributed by atoms with E-state index in [0.29, 0.717) is 31.6 Å². The third-order valence-electron chi connectivity index (χ3n) is 3.83. The summed E-state index contributed by atoms with van der Waals surface area (Å²) in [6.07, 6.45) is 1.17. The van der Waals surface area contributed by atoms with Gasteiger partial charge in [-0.25, -0.2) is 8.42 Å². The van der Waals surface area contributed by atoms with Crippen LogP contribution in [0.15, 0.2) is 12.1 Å². The fourth-order valence-electron chi connectivity index (χ4n) is 2.66. The lowest BCUT2D eigenvalue weighted by atomic mass is 10.0. The van der Waals surface area contributed by atoms with E-state index in [2.05, 4.69) is 5.32 Å². The Labute approximate surface area is 117 Å². The number of hydrogen-bond donors (Lipinski definition) is 2. The number of nitrogens with two attached hydrogens (primary N) is 1. The summed E-state index contributed by atoms with van der Waals surface area (Å²) in [6, 6.07) is 3.74. The van der Waals surface area contributed by atoms with Gasteiger partial charge in [0.15, 0.2) is 9.84 Å². The van der Waals surface area contributed by atoms with Gasteiger partial charge >= 0.3 is 0 Å². The van der Waals surface area contributed by atoms with Gasteiger partial charge in [0, 0.05) is 25.2 Å². The molecule has 1 aromatic carbocycles. The Kier molecular flexibility index (Phi) is 3.08. The molecule has 20 heavy (non-hydrogen) atoms. The van der Waals surface area contributed by atoms with E-state index in [1.807, 2.05) is 11.0 Å². The maximum Gasteiger partial charge on any atom is 0.224 e. The van der Waals surface area contributed by atoms with E-state index in [1.165, 1.54) is 0 Å². The SMILES string of the molecule is Nc1cc2c(cc1N1CCS(=O)(=O)CC1)CCC(=O)N2. The minimum atomic E-state index is -2.90. The lowest BCUT2D eigenvalue weighted by Gasteiger charge is -2.31. The average molecular weight is 295 g/mol. The molecule has 2 aliphatic rings. The first kappa shape index (κ1) is 13.2.